The van der Waals surface area contributed by atoms with Crippen LogP contribution in [0.25, 0.3) is 0 Å². The number of ether oxygens (including phenoxy) is 1. The predicted molar refractivity (Wildman–Crippen MR) is 116 cm³/mol. The SMILES string of the molecule is CCCCCCCCCC[C@@H]1C(=O)O[C@H]1CCCS(=O)(=O)CCC[N+](C)(C)C. The van der Waals surface area contributed by atoms with Gasteiger partial charge in [0.15, 0.2) is 9.84 Å². The third-order valence-electron chi connectivity index (χ3n) is 5.62. The van der Waals surface area contributed by atoms with Crippen molar-refractivity contribution < 1.29 is 22.4 Å². The number of esters is 1. The molecule has 0 saturated carbocycles. The molecule has 1 aliphatic heterocycles. The number of carbonyl (C=O) groups excluding carboxylic acids is 1. The summed E-state index contributed by atoms with van der Waals surface area (Å²) >= 11 is 0. The molecule has 0 bridgehead atoms. The lowest BCUT2D eigenvalue weighted by molar-refractivity contribution is -0.870. The molecule has 0 unspecified atom stereocenters. The number of hydrogen-bond donors (Lipinski definition) is 0. The van der Waals surface area contributed by atoms with E-state index in [0.29, 0.717) is 19.3 Å². The summed E-state index contributed by atoms with van der Waals surface area (Å²) in [5, 5.41) is 0. The number of cyclic esters (lactones) is 1. The van der Waals surface area contributed by atoms with Crippen molar-refractivity contribution >= 4 is 15.8 Å². The standard InChI is InChI=1S/C22H44NO4S/c1-5-6-7-8-9-10-11-12-15-20-21(27-22(20)24)16-13-18-28(25,26)19-14-17-23(2,3)4/h20-21H,5-19H2,1-4H3/q+1/t20-,21-/m0/s1. The van der Waals surface area contributed by atoms with Gasteiger partial charge in [0.05, 0.1) is 45.1 Å². The highest BCUT2D eigenvalue weighted by Crippen LogP contribution is 2.31. The topological polar surface area (TPSA) is 60.4 Å². The van der Waals surface area contributed by atoms with Gasteiger partial charge in [-0.3, -0.25) is 4.79 Å². The minimum atomic E-state index is -3.00. The van der Waals surface area contributed by atoms with E-state index < -0.39 is 9.84 Å². The fourth-order valence-corrected chi connectivity index (χ4v) is 5.21. The molecule has 0 aromatic heterocycles. The molecule has 0 N–H and O–H groups in total. The van der Waals surface area contributed by atoms with E-state index in [1.807, 2.05) is 0 Å². The number of quaternary nitrogens is 1. The Morgan fingerprint density at radius 3 is 1.96 bits per heavy atom. The summed E-state index contributed by atoms with van der Waals surface area (Å²) in [6.45, 7) is 3.09. The first kappa shape index (κ1) is 25.4. The summed E-state index contributed by atoms with van der Waals surface area (Å²) in [4.78, 5) is 11.7. The molecule has 28 heavy (non-hydrogen) atoms. The lowest BCUT2D eigenvalue weighted by Gasteiger charge is -2.35. The van der Waals surface area contributed by atoms with E-state index in [1.165, 1.54) is 44.9 Å². The maximum absolute atomic E-state index is 12.2. The first-order valence-electron chi connectivity index (χ1n) is 11.4. The van der Waals surface area contributed by atoms with Gasteiger partial charge in [-0.25, -0.2) is 8.42 Å². The van der Waals surface area contributed by atoms with Crippen LogP contribution in [0.15, 0.2) is 0 Å². The summed E-state index contributed by atoms with van der Waals surface area (Å²) in [7, 11) is 3.22. The predicted octanol–water partition coefficient (Wildman–Crippen LogP) is 4.35. The molecule has 1 aliphatic rings. The minimum absolute atomic E-state index is 0.000913. The van der Waals surface area contributed by atoms with E-state index in [0.717, 1.165) is 23.9 Å². The number of hydrogen-bond acceptors (Lipinski definition) is 4. The second-order valence-corrected chi connectivity index (χ2v) is 11.8. The maximum Gasteiger partial charge on any atom is 0.313 e. The van der Waals surface area contributed by atoms with Gasteiger partial charge in [0.1, 0.15) is 6.10 Å². The number of unbranched alkanes of at least 4 members (excludes halogenated alkanes) is 7. The van der Waals surface area contributed by atoms with Crippen molar-refractivity contribution in [3.63, 3.8) is 0 Å². The van der Waals surface area contributed by atoms with E-state index in [-0.39, 0.29) is 29.5 Å². The van der Waals surface area contributed by atoms with Crippen molar-refractivity contribution in [1.29, 1.82) is 0 Å². The highest BCUT2D eigenvalue weighted by atomic mass is 32.2. The Morgan fingerprint density at radius 1 is 0.821 bits per heavy atom. The number of nitrogens with zero attached hydrogens (tertiary/aromatic N) is 1. The normalized spacial score (nSPS) is 20.1. The Bertz CT molecular complexity index is 539. The molecule has 0 spiro atoms. The Hall–Kier alpha value is -0.620. The van der Waals surface area contributed by atoms with E-state index in [9.17, 15) is 13.2 Å². The molecule has 1 rings (SSSR count). The van der Waals surface area contributed by atoms with E-state index in [1.54, 1.807) is 0 Å². The zero-order valence-electron chi connectivity index (χ0n) is 18.7. The molecule has 0 aromatic carbocycles. The second-order valence-electron chi connectivity index (χ2n) is 9.51. The van der Waals surface area contributed by atoms with E-state index in [2.05, 4.69) is 28.1 Å². The van der Waals surface area contributed by atoms with Crippen LogP contribution < -0.4 is 0 Å². The fraction of sp³-hybridized carbons (Fsp3) is 0.955. The van der Waals surface area contributed by atoms with Crippen LogP contribution in [0.3, 0.4) is 0 Å². The van der Waals surface area contributed by atoms with Crippen LogP contribution in [0.4, 0.5) is 0 Å². The molecule has 166 valence electrons. The van der Waals surface area contributed by atoms with Gasteiger partial charge < -0.3 is 9.22 Å². The van der Waals surface area contributed by atoms with Crippen LogP contribution in [0.5, 0.6) is 0 Å². The summed E-state index contributed by atoms with van der Waals surface area (Å²) < 4.78 is 30.4. The van der Waals surface area contributed by atoms with Gasteiger partial charge in [0, 0.05) is 6.42 Å². The summed E-state index contributed by atoms with van der Waals surface area (Å²) in [6.07, 6.45) is 12.9. The molecule has 0 radical (unpaired) electrons. The number of sulfone groups is 1. The monoisotopic (exact) mass is 418 g/mol. The zero-order chi connectivity index (χ0) is 21.0. The molecule has 1 saturated heterocycles. The molecule has 0 aromatic rings. The average molecular weight is 419 g/mol. The molecule has 1 fully saturated rings. The highest BCUT2D eigenvalue weighted by molar-refractivity contribution is 7.91. The van der Waals surface area contributed by atoms with Gasteiger partial charge in [-0.15, -0.1) is 0 Å². The van der Waals surface area contributed by atoms with E-state index in [4.69, 9.17) is 4.74 Å². The molecule has 1 heterocycles. The first-order valence-corrected chi connectivity index (χ1v) is 13.2. The van der Waals surface area contributed by atoms with Crippen molar-refractivity contribution in [3.05, 3.63) is 0 Å². The van der Waals surface area contributed by atoms with Gasteiger partial charge in [-0.1, -0.05) is 58.3 Å². The van der Waals surface area contributed by atoms with Crippen molar-refractivity contribution in [2.75, 3.05) is 39.2 Å². The average Bonchev–Trinajstić information content (AvgIpc) is 2.58. The Morgan fingerprint density at radius 2 is 1.39 bits per heavy atom. The van der Waals surface area contributed by atoms with Crippen molar-refractivity contribution in [1.82, 2.24) is 0 Å². The van der Waals surface area contributed by atoms with Crippen LogP contribution in [-0.4, -0.2) is 64.2 Å². The maximum atomic E-state index is 12.2. The third-order valence-corrected chi connectivity index (χ3v) is 7.44. The third kappa shape index (κ3) is 11.4. The van der Waals surface area contributed by atoms with Gasteiger partial charge in [-0.2, -0.15) is 0 Å². The smallest absolute Gasteiger partial charge is 0.313 e. The Labute approximate surface area is 173 Å². The minimum Gasteiger partial charge on any atom is -0.461 e. The van der Waals surface area contributed by atoms with Crippen molar-refractivity contribution in [2.24, 2.45) is 5.92 Å². The molecular weight excluding hydrogens is 374 g/mol. The second kappa shape index (κ2) is 12.8. The summed E-state index contributed by atoms with van der Waals surface area (Å²) in [6, 6.07) is 0. The Balaban J connectivity index is 2.13. The molecule has 5 nitrogen and oxygen atoms in total. The van der Waals surface area contributed by atoms with Gasteiger partial charge in [0.2, 0.25) is 0 Å². The summed E-state index contributed by atoms with van der Waals surface area (Å²) in [5.74, 6) is 0.386. The zero-order valence-corrected chi connectivity index (χ0v) is 19.6. The largest absolute Gasteiger partial charge is 0.461 e. The van der Waals surface area contributed by atoms with Crippen LogP contribution >= 0.6 is 0 Å². The fourth-order valence-electron chi connectivity index (χ4n) is 3.83. The first-order chi connectivity index (χ1) is 13.1. The van der Waals surface area contributed by atoms with Crippen LogP contribution in [0, 0.1) is 5.92 Å². The van der Waals surface area contributed by atoms with Crippen molar-refractivity contribution in [3.8, 4) is 0 Å². The van der Waals surface area contributed by atoms with Gasteiger partial charge in [0.25, 0.3) is 0 Å². The quantitative estimate of drug-likeness (QED) is 0.200. The Kier molecular flexibility index (Phi) is 11.7. The van der Waals surface area contributed by atoms with Crippen LogP contribution in [0.1, 0.15) is 84.0 Å². The highest BCUT2D eigenvalue weighted by Gasteiger charge is 2.41. The molecule has 0 aliphatic carbocycles. The molecule has 6 heteroatoms. The van der Waals surface area contributed by atoms with Crippen LogP contribution in [-0.2, 0) is 19.4 Å². The number of rotatable bonds is 17. The molecule has 2 atom stereocenters. The van der Waals surface area contributed by atoms with Crippen molar-refractivity contribution in [2.45, 2.75) is 90.1 Å². The lowest BCUT2D eigenvalue weighted by atomic mass is 9.88. The summed E-state index contributed by atoms with van der Waals surface area (Å²) in [5.41, 5.74) is 0. The van der Waals surface area contributed by atoms with Crippen LogP contribution in [0.2, 0.25) is 0 Å². The van der Waals surface area contributed by atoms with E-state index >= 15 is 0 Å². The number of carbonyl (C=O) groups is 1. The lowest BCUT2D eigenvalue weighted by Crippen LogP contribution is -2.45. The van der Waals surface area contributed by atoms with Gasteiger partial charge >= 0.3 is 5.97 Å². The van der Waals surface area contributed by atoms with Gasteiger partial charge in [-0.05, 0) is 19.3 Å². The molecule has 0 amide bonds. The molecular formula is C22H44NO4S+.